The second kappa shape index (κ2) is 5.88. The molecule has 102 valence electrons. The molecule has 1 aromatic carbocycles. The molecule has 1 aromatic heterocycles. The number of thioether (sulfide) groups is 1. The van der Waals surface area contributed by atoms with Gasteiger partial charge in [-0.3, -0.25) is 0 Å². The molecule has 0 bridgehead atoms. The molecular weight excluding hydrogens is 320 g/mol. The van der Waals surface area contributed by atoms with Crippen molar-refractivity contribution in [2.75, 3.05) is 11.1 Å². The van der Waals surface area contributed by atoms with Crippen molar-refractivity contribution in [1.82, 2.24) is 9.97 Å². The van der Waals surface area contributed by atoms with E-state index >= 15 is 0 Å². The zero-order chi connectivity index (χ0) is 13.1. The van der Waals surface area contributed by atoms with Crippen LogP contribution in [0.3, 0.4) is 0 Å². The van der Waals surface area contributed by atoms with Gasteiger partial charge in [0, 0.05) is 11.1 Å². The fourth-order valence-electron chi connectivity index (χ4n) is 2.84. The first-order valence-electron chi connectivity index (χ1n) is 6.95. The lowest BCUT2D eigenvalue weighted by atomic mass is 9.77. The first kappa shape index (κ1) is 13.5. The number of benzene rings is 1. The van der Waals surface area contributed by atoms with E-state index in [-0.39, 0.29) is 0 Å². The van der Waals surface area contributed by atoms with Crippen LogP contribution in [0.5, 0.6) is 0 Å². The SMILES string of the molecule is BrCC1(CSc2nc3ccccc3[nH]2)CCCCC1. The smallest absolute Gasteiger partial charge is 0.166 e. The summed E-state index contributed by atoms with van der Waals surface area (Å²) >= 11 is 5.61. The van der Waals surface area contributed by atoms with Crippen molar-refractivity contribution in [2.45, 2.75) is 37.3 Å². The van der Waals surface area contributed by atoms with Crippen LogP contribution in [0.4, 0.5) is 0 Å². The molecule has 3 rings (SSSR count). The molecule has 0 amide bonds. The monoisotopic (exact) mass is 338 g/mol. The summed E-state index contributed by atoms with van der Waals surface area (Å²) in [5.41, 5.74) is 2.69. The lowest BCUT2D eigenvalue weighted by Crippen LogP contribution is -2.28. The maximum absolute atomic E-state index is 4.65. The quantitative estimate of drug-likeness (QED) is 0.627. The van der Waals surface area contributed by atoms with Crippen LogP contribution in [0.15, 0.2) is 29.4 Å². The number of imidazole rings is 1. The summed E-state index contributed by atoms with van der Waals surface area (Å²) in [6.45, 7) is 0. The van der Waals surface area contributed by atoms with Crippen molar-refractivity contribution in [3.63, 3.8) is 0 Å². The maximum atomic E-state index is 4.65. The number of nitrogens with zero attached hydrogens (tertiary/aromatic N) is 1. The van der Waals surface area contributed by atoms with Gasteiger partial charge >= 0.3 is 0 Å². The molecule has 2 aromatic rings. The number of halogens is 1. The summed E-state index contributed by atoms with van der Waals surface area (Å²) in [6.07, 6.45) is 6.87. The topological polar surface area (TPSA) is 28.7 Å². The highest BCUT2D eigenvalue weighted by Crippen LogP contribution is 2.41. The largest absolute Gasteiger partial charge is 0.333 e. The normalized spacial score (nSPS) is 18.8. The van der Waals surface area contributed by atoms with Gasteiger partial charge in [-0.2, -0.15) is 0 Å². The summed E-state index contributed by atoms with van der Waals surface area (Å²) in [7, 11) is 0. The number of aromatic nitrogens is 2. The van der Waals surface area contributed by atoms with Crippen LogP contribution in [0, 0.1) is 5.41 Å². The lowest BCUT2D eigenvalue weighted by molar-refractivity contribution is 0.260. The van der Waals surface area contributed by atoms with E-state index in [1.54, 1.807) is 0 Å². The predicted molar refractivity (Wildman–Crippen MR) is 86.1 cm³/mol. The van der Waals surface area contributed by atoms with Crippen molar-refractivity contribution in [3.8, 4) is 0 Å². The zero-order valence-corrected chi connectivity index (χ0v) is 13.4. The van der Waals surface area contributed by atoms with Crippen molar-refractivity contribution in [1.29, 1.82) is 0 Å². The van der Waals surface area contributed by atoms with Gasteiger partial charge in [-0.15, -0.1) is 0 Å². The Hall–Kier alpha value is -0.480. The third-order valence-electron chi connectivity index (χ3n) is 4.08. The van der Waals surface area contributed by atoms with Gasteiger partial charge in [0.05, 0.1) is 11.0 Å². The Morgan fingerprint density at radius 1 is 1.21 bits per heavy atom. The average Bonchev–Trinajstić information content (AvgIpc) is 2.89. The number of nitrogens with one attached hydrogen (secondary N) is 1. The number of fused-ring (bicyclic) bond motifs is 1. The van der Waals surface area contributed by atoms with Crippen molar-refractivity contribution >= 4 is 38.7 Å². The van der Waals surface area contributed by atoms with Crippen LogP contribution < -0.4 is 0 Å². The molecule has 0 radical (unpaired) electrons. The molecule has 1 fully saturated rings. The molecule has 0 aliphatic heterocycles. The van der Waals surface area contributed by atoms with Gasteiger partial charge in [-0.05, 0) is 30.4 Å². The van der Waals surface area contributed by atoms with E-state index in [9.17, 15) is 0 Å². The first-order valence-corrected chi connectivity index (χ1v) is 9.06. The van der Waals surface area contributed by atoms with Gasteiger partial charge in [0.1, 0.15) is 0 Å². The van der Waals surface area contributed by atoms with Gasteiger partial charge in [0.15, 0.2) is 5.16 Å². The molecule has 0 atom stereocenters. The lowest BCUT2D eigenvalue weighted by Gasteiger charge is -2.35. The standard InChI is InChI=1S/C15H19BrN2S/c16-10-15(8-4-1-5-9-15)11-19-14-17-12-6-2-3-7-13(12)18-14/h2-3,6-7H,1,4-5,8-11H2,(H,17,18). The van der Waals surface area contributed by atoms with E-state index in [1.165, 1.54) is 32.1 Å². The van der Waals surface area contributed by atoms with Gasteiger partial charge in [0.2, 0.25) is 0 Å². The number of para-hydroxylation sites is 2. The molecule has 1 heterocycles. The molecule has 0 unspecified atom stereocenters. The number of H-pyrrole nitrogens is 1. The van der Waals surface area contributed by atoms with Crippen molar-refractivity contribution in [2.24, 2.45) is 5.41 Å². The fourth-order valence-corrected chi connectivity index (χ4v) is 5.04. The van der Waals surface area contributed by atoms with Gasteiger partial charge in [-0.1, -0.05) is 59.1 Å². The van der Waals surface area contributed by atoms with Crippen LogP contribution in [0.1, 0.15) is 32.1 Å². The Balaban J connectivity index is 1.70. The third-order valence-corrected chi connectivity index (χ3v) is 6.49. The van der Waals surface area contributed by atoms with Crippen LogP contribution in [0.2, 0.25) is 0 Å². The number of hydrogen-bond acceptors (Lipinski definition) is 2. The zero-order valence-electron chi connectivity index (χ0n) is 11.0. The minimum atomic E-state index is 0.474. The minimum Gasteiger partial charge on any atom is -0.333 e. The molecule has 1 aliphatic rings. The Morgan fingerprint density at radius 3 is 2.74 bits per heavy atom. The molecule has 2 nitrogen and oxygen atoms in total. The Bertz CT molecular complexity index is 513. The number of rotatable bonds is 4. The molecule has 0 saturated heterocycles. The molecular formula is C15H19BrN2S. The van der Waals surface area contributed by atoms with Crippen LogP contribution in [-0.4, -0.2) is 21.1 Å². The van der Waals surface area contributed by atoms with E-state index in [4.69, 9.17) is 0 Å². The summed E-state index contributed by atoms with van der Waals surface area (Å²) < 4.78 is 0. The van der Waals surface area contributed by atoms with E-state index in [0.717, 1.165) is 27.3 Å². The summed E-state index contributed by atoms with van der Waals surface area (Å²) in [5.74, 6) is 1.16. The highest BCUT2D eigenvalue weighted by Gasteiger charge is 2.31. The molecule has 19 heavy (non-hydrogen) atoms. The van der Waals surface area contributed by atoms with Crippen LogP contribution >= 0.6 is 27.7 Å². The molecule has 1 saturated carbocycles. The minimum absolute atomic E-state index is 0.474. The highest BCUT2D eigenvalue weighted by atomic mass is 79.9. The Morgan fingerprint density at radius 2 is 2.00 bits per heavy atom. The van der Waals surface area contributed by atoms with Gasteiger partial charge in [0.25, 0.3) is 0 Å². The summed E-state index contributed by atoms with van der Waals surface area (Å²) in [4.78, 5) is 8.07. The van der Waals surface area contributed by atoms with E-state index < -0.39 is 0 Å². The molecule has 1 aliphatic carbocycles. The number of alkyl halides is 1. The summed E-state index contributed by atoms with van der Waals surface area (Å²) in [6, 6.07) is 8.25. The van der Waals surface area contributed by atoms with E-state index in [1.807, 2.05) is 17.8 Å². The Kier molecular flexibility index (Phi) is 4.18. The van der Waals surface area contributed by atoms with E-state index in [0.29, 0.717) is 5.41 Å². The van der Waals surface area contributed by atoms with Gasteiger partial charge < -0.3 is 4.98 Å². The van der Waals surface area contributed by atoms with Crippen molar-refractivity contribution < 1.29 is 0 Å². The highest BCUT2D eigenvalue weighted by molar-refractivity contribution is 9.09. The second-order valence-electron chi connectivity index (χ2n) is 5.54. The first-order chi connectivity index (χ1) is 9.31. The van der Waals surface area contributed by atoms with Crippen LogP contribution in [0.25, 0.3) is 11.0 Å². The van der Waals surface area contributed by atoms with Gasteiger partial charge in [-0.25, -0.2) is 4.98 Å². The van der Waals surface area contributed by atoms with Crippen LogP contribution in [-0.2, 0) is 0 Å². The fraction of sp³-hybridized carbons (Fsp3) is 0.533. The molecule has 1 N–H and O–H groups in total. The third kappa shape index (κ3) is 3.00. The maximum Gasteiger partial charge on any atom is 0.166 e. The van der Waals surface area contributed by atoms with Crippen molar-refractivity contribution in [3.05, 3.63) is 24.3 Å². The molecule has 0 spiro atoms. The second-order valence-corrected chi connectivity index (χ2v) is 7.07. The summed E-state index contributed by atoms with van der Waals surface area (Å²) in [5, 5.41) is 2.18. The number of hydrogen-bond donors (Lipinski definition) is 1. The predicted octanol–water partition coefficient (Wildman–Crippen LogP) is 5.00. The average molecular weight is 339 g/mol. The number of aromatic amines is 1. The molecule has 4 heteroatoms. The van der Waals surface area contributed by atoms with E-state index in [2.05, 4.69) is 44.1 Å². The Labute approximate surface area is 126 Å².